The quantitative estimate of drug-likeness (QED) is 0.868. The van der Waals surface area contributed by atoms with E-state index in [1.54, 1.807) is 12.3 Å². The number of nitrogens with zero attached hydrogens (tertiary/aromatic N) is 1. The molecule has 0 amide bonds. The zero-order chi connectivity index (χ0) is 12.1. The molecule has 1 heterocycles. The highest BCUT2D eigenvalue weighted by molar-refractivity contribution is 5.96. The number of ketones is 1. The number of nitrogens with two attached hydrogens (primary N) is 1. The van der Waals surface area contributed by atoms with E-state index in [1.165, 1.54) is 12.8 Å². The van der Waals surface area contributed by atoms with Gasteiger partial charge in [-0.1, -0.05) is 12.5 Å². The molecule has 0 saturated carbocycles. The SMILES string of the molecule is Nc1cc(CC(=O)C2=CCCCCC2)ccn1. The van der Waals surface area contributed by atoms with Crippen molar-refractivity contribution in [1.82, 2.24) is 4.98 Å². The Bertz CT molecular complexity index is 438. The van der Waals surface area contributed by atoms with Gasteiger partial charge in [0.05, 0.1) is 0 Å². The van der Waals surface area contributed by atoms with Gasteiger partial charge in [-0.15, -0.1) is 0 Å². The van der Waals surface area contributed by atoms with Crippen molar-refractivity contribution in [2.24, 2.45) is 0 Å². The Balaban J connectivity index is 2.03. The normalized spacial score (nSPS) is 16.1. The molecule has 3 nitrogen and oxygen atoms in total. The third-order valence-corrected chi connectivity index (χ3v) is 3.11. The molecule has 2 N–H and O–H groups in total. The minimum absolute atomic E-state index is 0.234. The lowest BCUT2D eigenvalue weighted by molar-refractivity contribution is -0.115. The zero-order valence-electron chi connectivity index (χ0n) is 9.98. The summed E-state index contributed by atoms with van der Waals surface area (Å²) in [5, 5.41) is 0. The maximum Gasteiger partial charge on any atom is 0.162 e. The number of pyridine rings is 1. The van der Waals surface area contributed by atoms with Crippen molar-refractivity contribution >= 4 is 11.6 Å². The minimum atomic E-state index is 0.234. The second-order valence-electron chi connectivity index (χ2n) is 4.52. The first-order valence-electron chi connectivity index (χ1n) is 6.18. The minimum Gasteiger partial charge on any atom is -0.384 e. The number of hydrogen-bond donors (Lipinski definition) is 1. The van der Waals surface area contributed by atoms with Gasteiger partial charge >= 0.3 is 0 Å². The van der Waals surface area contributed by atoms with Crippen LogP contribution in [0, 0.1) is 0 Å². The zero-order valence-corrected chi connectivity index (χ0v) is 9.98. The third kappa shape index (κ3) is 3.41. The summed E-state index contributed by atoms with van der Waals surface area (Å²) in [6.45, 7) is 0. The molecule has 1 aromatic heterocycles. The number of nitrogen functional groups attached to an aromatic ring is 1. The van der Waals surface area contributed by atoms with Gasteiger partial charge in [0.2, 0.25) is 0 Å². The summed E-state index contributed by atoms with van der Waals surface area (Å²) >= 11 is 0. The van der Waals surface area contributed by atoms with Crippen molar-refractivity contribution in [3.63, 3.8) is 0 Å². The maximum atomic E-state index is 12.1. The molecule has 0 aliphatic heterocycles. The first-order chi connectivity index (χ1) is 8.25. The predicted molar refractivity (Wildman–Crippen MR) is 68.5 cm³/mol. The van der Waals surface area contributed by atoms with Crippen LogP contribution in [0.25, 0.3) is 0 Å². The van der Waals surface area contributed by atoms with E-state index in [1.807, 2.05) is 6.07 Å². The van der Waals surface area contributed by atoms with Crippen LogP contribution in [0.15, 0.2) is 30.0 Å². The molecule has 0 fully saturated rings. The summed E-state index contributed by atoms with van der Waals surface area (Å²) in [6, 6.07) is 3.63. The molecule has 0 bridgehead atoms. The summed E-state index contributed by atoms with van der Waals surface area (Å²) in [6.07, 6.45) is 9.75. The Morgan fingerprint density at radius 1 is 1.35 bits per heavy atom. The smallest absolute Gasteiger partial charge is 0.162 e. The number of carbonyl (C=O) groups is 1. The Morgan fingerprint density at radius 3 is 3.06 bits per heavy atom. The van der Waals surface area contributed by atoms with Gasteiger partial charge < -0.3 is 5.73 Å². The van der Waals surface area contributed by atoms with Gasteiger partial charge in [-0.3, -0.25) is 4.79 Å². The van der Waals surface area contributed by atoms with Crippen LogP contribution in [0.2, 0.25) is 0 Å². The van der Waals surface area contributed by atoms with E-state index in [0.29, 0.717) is 12.2 Å². The van der Waals surface area contributed by atoms with Gasteiger partial charge in [0.1, 0.15) is 5.82 Å². The standard InChI is InChI=1S/C14H18N2O/c15-14-10-11(7-8-16-14)9-13(17)12-5-3-1-2-4-6-12/h5,7-8,10H,1-4,6,9H2,(H2,15,16). The molecule has 2 rings (SSSR count). The lowest BCUT2D eigenvalue weighted by atomic mass is 10.0. The molecule has 17 heavy (non-hydrogen) atoms. The second kappa shape index (κ2) is 5.62. The van der Waals surface area contributed by atoms with Crippen molar-refractivity contribution in [3.05, 3.63) is 35.5 Å². The van der Waals surface area contributed by atoms with Crippen LogP contribution in [0.1, 0.15) is 37.7 Å². The topological polar surface area (TPSA) is 56.0 Å². The van der Waals surface area contributed by atoms with Gasteiger partial charge in [0.15, 0.2) is 5.78 Å². The number of rotatable bonds is 3. The number of anilines is 1. The Kier molecular flexibility index (Phi) is 3.91. The summed E-state index contributed by atoms with van der Waals surface area (Å²) < 4.78 is 0. The molecule has 90 valence electrons. The molecule has 0 unspecified atom stereocenters. The maximum absolute atomic E-state index is 12.1. The van der Waals surface area contributed by atoms with E-state index in [2.05, 4.69) is 11.1 Å². The van der Waals surface area contributed by atoms with Crippen LogP contribution < -0.4 is 5.73 Å². The number of hydrogen-bond acceptors (Lipinski definition) is 3. The van der Waals surface area contributed by atoms with Crippen molar-refractivity contribution in [3.8, 4) is 0 Å². The predicted octanol–water partition coefficient (Wildman–Crippen LogP) is 2.67. The van der Waals surface area contributed by atoms with Crippen LogP contribution in [-0.4, -0.2) is 10.8 Å². The number of aromatic nitrogens is 1. The van der Waals surface area contributed by atoms with E-state index in [4.69, 9.17) is 5.73 Å². The molecule has 1 aromatic rings. The van der Waals surface area contributed by atoms with Gasteiger partial charge in [-0.25, -0.2) is 4.98 Å². The largest absolute Gasteiger partial charge is 0.384 e. The molecule has 0 radical (unpaired) electrons. The highest BCUT2D eigenvalue weighted by atomic mass is 16.1. The Morgan fingerprint density at radius 2 is 2.24 bits per heavy atom. The molecule has 1 aliphatic carbocycles. The monoisotopic (exact) mass is 230 g/mol. The Labute approximate surface area is 102 Å². The van der Waals surface area contributed by atoms with Gasteiger partial charge in [-0.2, -0.15) is 0 Å². The van der Waals surface area contributed by atoms with Crippen molar-refractivity contribution in [2.75, 3.05) is 5.73 Å². The summed E-state index contributed by atoms with van der Waals surface area (Å²) in [4.78, 5) is 16.0. The van der Waals surface area contributed by atoms with Gasteiger partial charge in [0.25, 0.3) is 0 Å². The second-order valence-corrected chi connectivity index (χ2v) is 4.52. The van der Waals surface area contributed by atoms with E-state index < -0.39 is 0 Å². The van der Waals surface area contributed by atoms with Crippen LogP contribution in [0.5, 0.6) is 0 Å². The summed E-state index contributed by atoms with van der Waals surface area (Å²) in [5.41, 5.74) is 7.55. The number of Topliss-reactive ketones (excluding diaryl/α,β-unsaturated/α-hetero) is 1. The number of carbonyl (C=O) groups excluding carboxylic acids is 1. The lowest BCUT2D eigenvalue weighted by Gasteiger charge is -2.05. The van der Waals surface area contributed by atoms with Gasteiger partial charge in [-0.05, 0) is 49.0 Å². The fourth-order valence-corrected chi connectivity index (χ4v) is 2.17. The van der Waals surface area contributed by atoms with Gasteiger partial charge in [0, 0.05) is 12.6 Å². The molecule has 0 aromatic carbocycles. The van der Waals surface area contributed by atoms with Crippen molar-refractivity contribution in [1.29, 1.82) is 0 Å². The average Bonchev–Trinajstić information content (AvgIpc) is 2.57. The molecule has 1 aliphatic rings. The van der Waals surface area contributed by atoms with E-state index in [-0.39, 0.29) is 5.78 Å². The van der Waals surface area contributed by atoms with Crippen LogP contribution in [0.3, 0.4) is 0 Å². The van der Waals surface area contributed by atoms with Crippen molar-refractivity contribution < 1.29 is 4.79 Å². The van der Waals surface area contributed by atoms with Crippen LogP contribution >= 0.6 is 0 Å². The molecule has 0 atom stereocenters. The summed E-state index contributed by atoms with van der Waals surface area (Å²) in [5.74, 6) is 0.711. The molecular formula is C14H18N2O. The molecule has 0 spiro atoms. The first-order valence-corrected chi connectivity index (χ1v) is 6.18. The van der Waals surface area contributed by atoms with E-state index in [9.17, 15) is 4.79 Å². The fourth-order valence-electron chi connectivity index (χ4n) is 2.17. The fraction of sp³-hybridized carbons (Fsp3) is 0.429. The summed E-state index contributed by atoms with van der Waals surface area (Å²) in [7, 11) is 0. The average molecular weight is 230 g/mol. The van der Waals surface area contributed by atoms with Crippen molar-refractivity contribution in [2.45, 2.75) is 38.5 Å². The molecule has 3 heteroatoms. The van der Waals surface area contributed by atoms with Crippen LogP contribution in [0.4, 0.5) is 5.82 Å². The van der Waals surface area contributed by atoms with E-state index >= 15 is 0 Å². The number of allylic oxidation sites excluding steroid dienone is 2. The van der Waals surface area contributed by atoms with Crippen LogP contribution in [-0.2, 0) is 11.2 Å². The molecular weight excluding hydrogens is 212 g/mol. The highest BCUT2D eigenvalue weighted by Gasteiger charge is 2.12. The third-order valence-electron chi connectivity index (χ3n) is 3.11. The van der Waals surface area contributed by atoms with E-state index in [0.717, 1.165) is 30.4 Å². The first kappa shape index (κ1) is 11.8. The highest BCUT2D eigenvalue weighted by Crippen LogP contribution is 2.19. The lowest BCUT2D eigenvalue weighted by Crippen LogP contribution is -2.07. The molecule has 0 saturated heterocycles. The Hall–Kier alpha value is -1.64.